The quantitative estimate of drug-likeness (QED) is 0.579. The summed E-state index contributed by atoms with van der Waals surface area (Å²) in [6.07, 6.45) is 1.93. The van der Waals surface area contributed by atoms with Crippen molar-refractivity contribution in [3.05, 3.63) is 11.8 Å². The molecule has 1 heterocycles. The summed E-state index contributed by atoms with van der Waals surface area (Å²) in [4.78, 5) is 0. The van der Waals surface area contributed by atoms with Gasteiger partial charge in [0.15, 0.2) is 0 Å². The van der Waals surface area contributed by atoms with E-state index in [2.05, 4.69) is 33.1 Å². The molecule has 0 spiro atoms. The molecular weight excluding hydrogens is 238 g/mol. The predicted octanol–water partition coefficient (Wildman–Crippen LogP) is 1.68. The average Bonchev–Trinajstić information content (AvgIpc) is 1.87. The van der Waals surface area contributed by atoms with Crippen LogP contribution in [-0.2, 0) is 0 Å². The molecule has 0 bridgehead atoms. The van der Waals surface area contributed by atoms with Gasteiger partial charge in [-0.1, -0.05) is 0 Å². The molecule has 1 rings (SSSR count). The van der Waals surface area contributed by atoms with Crippen LogP contribution in [0, 0.1) is 0 Å². The molecule has 0 aliphatic carbocycles. The third kappa shape index (κ3) is 2.00. The van der Waals surface area contributed by atoms with E-state index < -0.39 is 0 Å². The second kappa shape index (κ2) is 3.29. The fraction of sp³-hybridized carbons (Fsp3) is 0.250. The Morgan fingerprint density at radius 3 is 2.38 bits per heavy atom. The Labute approximate surface area is 68.0 Å². The summed E-state index contributed by atoms with van der Waals surface area (Å²) < 4.78 is 0.968. The SMILES string of the molecule is CC1=CC(I)=N[N]1.Cl. The third-order valence-corrected chi connectivity index (χ3v) is 1.16. The summed E-state index contributed by atoms with van der Waals surface area (Å²) in [5, 5.41) is 3.75. The lowest BCUT2D eigenvalue weighted by Crippen LogP contribution is -1.82. The van der Waals surface area contributed by atoms with Gasteiger partial charge in [0.25, 0.3) is 0 Å². The first-order chi connectivity index (χ1) is 3.29. The molecule has 0 aromatic carbocycles. The zero-order valence-electron chi connectivity index (χ0n) is 4.26. The highest BCUT2D eigenvalue weighted by Crippen LogP contribution is 2.04. The summed E-state index contributed by atoms with van der Waals surface area (Å²) in [6, 6.07) is 0. The van der Waals surface area contributed by atoms with Crippen LogP contribution in [0.2, 0.25) is 0 Å². The van der Waals surface area contributed by atoms with E-state index in [1.54, 1.807) is 0 Å². The molecule has 0 aromatic rings. The van der Waals surface area contributed by atoms with Crippen LogP contribution in [0.5, 0.6) is 0 Å². The van der Waals surface area contributed by atoms with Gasteiger partial charge in [0, 0.05) is 0 Å². The normalized spacial score (nSPS) is 15.8. The smallest absolute Gasteiger partial charge is 0.125 e. The number of hydrogen-bond donors (Lipinski definition) is 0. The van der Waals surface area contributed by atoms with Crippen LogP contribution in [-0.4, -0.2) is 3.72 Å². The fourth-order valence-corrected chi connectivity index (χ4v) is 0.915. The van der Waals surface area contributed by atoms with Crippen LogP contribution in [0.4, 0.5) is 0 Å². The van der Waals surface area contributed by atoms with Crippen molar-refractivity contribution in [1.29, 1.82) is 0 Å². The van der Waals surface area contributed by atoms with Crippen LogP contribution in [0.1, 0.15) is 6.92 Å². The minimum Gasteiger partial charge on any atom is -0.155 e. The molecule has 0 fully saturated rings. The molecule has 45 valence electrons. The van der Waals surface area contributed by atoms with E-state index >= 15 is 0 Å². The Morgan fingerprint density at radius 2 is 2.25 bits per heavy atom. The molecule has 0 amide bonds. The summed E-state index contributed by atoms with van der Waals surface area (Å²) in [6.45, 7) is 1.93. The van der Waals surface area contributed by atoms with Crippen LogP contribution in [0.3, 0.4) is 0 Å². The van der Waals surface area contributed by atoms with Gasteiger partial charge in [0.2, 0.25) is 0 Å². The van der Waals surface area contributed by atoms with Crippen molar-refractivity contribution in [2.45, 2.75) is 6.92 Å². The Bertz CT molecular complexity index is 141. The number of rotatable bonds is 0. The highest BCUT2D eigenvalue weighted by molar-refractivity contribution is 14.1. The van der Waals surface area contributed by atoms with Crippen LogP contribution >= 0.6 is 35.0 Å². The molecule has 4 heteroatoms. The summed E-state index contributed by atoms with van der Waals surface area (Å²) in [5.41, 5.74) is 4.75. The van der Waals surface area contributed by atoms with Crippen molar-refractivity contribution in [3.8, 4) is 0 Å². The van der Waals surface area contributed by atoms with Gasteiger partial charge in [0.05, 0.1) is 5.70 Å². The Morgan fingerprint density at radius 1 is 1.62 bits per heavy atom. The minimum atomic E-state index is 0. The molecular formula is C4H5ClIN2. The maximum Gasteiger partial charge on any atom is 0.125 e. The average molecular weight is 243 g/mol. The summed E-state index contributed by atoms with van der Waals surface area (Å²) in [5.74, 6) is 0. The fourth-order valence-electron chi connectivity index (χ4n) is 0.357. The van der Waals surface area contributed by atoms with E-state index in [0.29, 0.717) is 0 Å². The Hall–Kier alpha value is 0.230. The summed E-state index contributed by atoms with van der Waals surface area (Å²) >= 11 is 2.13. The van der Waals surface area contributed by atoms with Crippen molar-refractivity contribution in [2.24, 2.45) is 5.10 Å². The number of nitrogens with zero attached hydrogens (tertiary/aromatic N) is 2. The molecule has 0 aromatic heterocycles. The van der Waals surface area contributed by atoms with Gasteiger partial charge < -0.3 is 0 Å². The molecule has 1 aliphatic rings. The molecule has 0 saturated carbocycles. The molecule has 0 atom stereocenters. The zero-order chi connectivity index (χ0) is 5.28. The van der Waals surface area contributed by atoms with E-state index in [1.807, 2.05) is 13.0 Å². The van der Waals surface area contributed by atoms with Crippen LogP contribution in [0.15, 0.2) is 16.9 Å². The molecule has 0 N–H and O–H groups in total. The molecule has 0 unspecified atom stereocenters. The van der Waals surface area contributed by atoms with Crippen molar-refractivity contribution < 1.29 is 0 Å². The maximum absolute atomic E-state index is 3.76. The van der Waals surface area contributed by atoms with Gasteiger partial charge in [-0.25, -0.2) is 0 Å². The van der Waals surface area contributed by atoms with E-state index in [1.165, 1.54) is 0 Å². The van der Waals surface area contributed by atoms with Gasteiger partial charge in [0.1, 0.15) is 3.72 Å². The molecule has 0 saturated heterocycles. The zero-order valence-corrected chi connectivity index (χ0v) is 7.23. The highest BCUT2D eigenvalue weighted by Gasteiger charge is 1.98. The van der Waals surface area contributed by atoms with Crippen LogP contribution in [0.25, 0.3) is 0 Å². The lowest BCUT2D eigenvalue weighted by atomic mass is 10.5. The van der Waals surface area contributed by atoms with Crippen molar-refractivity contribution in [3.63, 3.8) is 0 Å². The minimum absolute atomic E-state index is 0. The van der Waals surface area contributed by atoms with E-state index in [-0.39, 0.29) is 12.4 Å². The molecule has 1 radical (unpaired) electrons. The monoisotopic (exact) mass is 243 g/mol. The molecule has 1 aliphatic heterocycles. The Kier molecular flexibility index (Phi) is 3.39. The number of halogens is 2. The first kappa shape index (κ1) is 8.23. The van der Waals surface area contributed by atoms with Crippen molar-refractivity contribution in [1.82, 2.24) is 5.43 Å². The molecule has 8 heavy (non-hydrogen) atoms. The van der Waals surface area contributed by atoms with E-state index in [0.717, 1.165) is 9.42 Å². The third-order valence-electron chi connectivity index (χ3n) is 0.631. The van der Waals surface area contributed by atoms with Crippen molar-refractivity contribution in [2.75, 3.05) is 0 Å². The lowest BCUT2D eigenvalue weighted by molar-refractivity contribution is 0.897. The largest absolute Gasteiger partial charge is 0.155 e. The number of hydrogen-bond acceptors (Lipinski definition) is 1. The predicted molar refractivity (Wildman–Crippen MR) is 44.6 cm³/mol. The lowest BCUT2D eigenvalue weighted by Gasteiger charge is -1.78. The van der Waals surface area contributed by atoms with Gasteiger partial charge in [-0.05, 0) is 35.6 Å². The standard InChI is InChI=1S/C4H4IN2.ClH/c1-3-2-4(5)7-6-3;/h2H,1H3;1H. The topological polar surface area (TPSA) is 26.5 Å². The second-order valence-corrected chi connectivity index (χ2v) is 2.41. The van der Waals surface area contributed by atoms with Crippen LogP contribution < -0.4 is 5.43 Å². The second-order valence-electron chi connectivity index (χ2n) is 1.31. The first-order valence-corrected chi connectivity index (χ1v) is 2.99. The van der Waals surface area contributed by atoms with Gasteiger partial charge >= 0.3 is 0 Å². The Balaban J connectivity index is 0.000000490. The van der Waals surface area contributed by atoms with Gasteiger partial charge in [-0.15, -0.1) is 17.5 Å². The van der Waals surface area contributed by atoms with Crippen molar-refractivity contribution >= 4 is 38.7 Å². The number of allylic oxidation sites excluding steroid dienone is 2. The van der Waals surface area contributed by atoms with E-state index in [9.17, 15) is 0 Å². The molecule has 2 nitrogen and oxygen atoms in total. The highest BCUT2D eigenvalue weighted by atomic mass is 127. The van der Waals surface area contributed by atoms with Gasteiger partial charge in [-0.2, -0.15) is 5.43 Å². The maximum atomic E-state index is 3.76. The van der Waals surface area contributed by atoms with E-state index in [4.69, 9.17) is 0 Å². The van der Waals surface area contributed by atoms with Gasteiger partial charge in [-0.3, -0.25) is 0 Å². The summed E-state index contributed by atoms with van der Waals surface area (Å²) in [7, 11) is 0. The first-order valence-electron chi connectivity index (χ1n) is 1.91.